The van der Waals surface area contributed by atoms with Gasteiger partial charge in [0.1, 0.15) is 11.6 Å². The number of aliphatic hydroxyl groups is 1. The van der Waals surface area contributed by atoms with Crippen molar-refractivity contribution in [3.05, 3.63) is 58.0 Å². The van der Waals surface area contributed by atoms with Crippen molar-refractivity contribution in [3.63, 3.8) is 0 Å². The van der Waals surface area contributed by atoms with Crippen LogP contribution in [0, 0.1) is 5.82 Å². The number of carbonyl (C=O) groups is 1. The Morgan fingerprint density at radius 1 is 1.39 bits per heavy atom. The van der Waals surface area contributed by atoms with Gasteiger partial charge < -0.3 is 25.0 Å². The molecule has 0 saturated carbocycles. The number of nitrogens with zero attached hydrogens (tertiary/aromatic N) is 2. The summed E-state index contributed by atoms with van der Waals surface area (Å²) in [6.07, 6.45) is 2.20. The van der Waals surface area contributed by atoms with Crippen molar-refractivity contribution in [1.29, 1.82) is 0 Å². The first kappa shape index (κ1) is 20.0. The molecule has 9 heteroatoms. The van der Waals surface area contributed by atoms with Crippen LogP contribution in [-0.4, -0.2) is 51.7 Å². The molecule has 1 aliphatic heterocycles. The number of aromatic amines is 1. The Kier molecular flexibility index (Phi) is 6.05. The number of H-pyrrole nitrogens is 1. The van der Waals surface area contributed by atoms with E-state index in [0.717, 1.165) is 0 Å². The van der Waals surface area contributed by atoms with E-state index in [-0.39, 0.29) is 25.2 Å². The molecule has 1 aromatic carbocycles. The highest BCUT2D eigenvalue weighted by Crippen LogP contribution is 2.25. The molecule has 1 saturated heterocycles. The number of nitrogens with one attached hydrogen (secondary N) is 2. The van der Waals surface area contributed by atoms with Crippen LogP contribution in [-0.2, 0) is 17.9 Å². The van der Waals surface area contributed by atoms with Gasteiger partial charge in [0.2, 0.25) is 0 Å². The summed E-state index contributed by atoms with van der Waals surface area (Å²) >= 11 is 0. The van der Waals surface area contributed by atoms with Crippen LogP contribution in [0.4, 0.5) is 4.39 Å². The average Bonchev–Trinajstić information content (AvgIpc) is 2.67. The number of hydrogen-bond acceptors (Lipinski definition) is 6. The van der Waals surface area contributed by atoms with Gasteiger partial charge in [0.05, 0.1) is 19.1 Å². The van der Waals surface area contributed by atoms with Crippen molar-refractivity contribution in [2.24, 2.45) is 0 Å². The second-order valence-corrected chi connectivity index (χ2v) is 6.83. The summed E-state index contributed by atoms with van der Waals surface area (Å²) in [5, 5.41) is 13.8. The molecule has 0 aliphatic carbocycles. The van der Waals surface area contributed by atoms with Crippen LogP contribution >= 0.6 is 0 Å². The Hall–Kier alpha value is -2.78. The van der Waals surface area contributed by atoms with Gasteiger partial charge in [-0.2, -0.15) is 0 Å². The Balaban J connectivity index is 1.64. The van der Waals surface area contributed by atoms with Crippen molar-refractivity contribution in [1.82, 2.24) is 20.2 Å². The Bertz CT molecular complexity index is 903. The normalized spacial score (nSPS) is 19.7. The monoisotopic (exact) mass is 390 g/mol. The minimum absolute atomic E-state index is 0.0113. The summed E-state index contributed by atoms with van der Waals surface area (Å²) in [6.45, 7) is 0.745. The third kappa shape index (κ3) is 4.55. The lowest BCUT2D eigenvalue weighted by Gasteiger charge is -2.38. The molecule has 1 aromatic heterocycles. The number of amides is 1. The van der Waals surface area contributed by atoms with E-state index in [4.69, 9.17) is 4.74 Å². The zero-order valence-corrected chi connectivity index (χ0v) is 15.6. The molecule has 0 unspecified atom stereocenters. The van der Waals surface area contributed by atoms with Crippen molar-refractivity contribution in [2.45, 2.75) is 31.5 Å². The molecule has 150 valence electrons. The quantitative estimate of drug-likeness (QED) is 0.638. The molecule has 28 heavy (non-hydrogen) atoms. The maximum absolute atomic E-state index is 14.1. The second-order valence-electron chi connectivity index (χ2n) is 6.83. The Morgan fingerprint density at radius 3 is 2.96 bits per heavy atom. The lowest BCUT2D eigenvalue weighted by atomic mass is 9.91. The van der Waals surface area contributed by atoms with Gasteiger partial charge >= 0.3 is 0 Å². The van der Waals surface area contributed by atoms with Gasteiger partial charge in [-0.15, -0.1) is 0 Å². The maximum Gasteiger partial charge on any atom is 0.256 e. The average molecular weight is 390 g/mol. The smallest absolute Gasteiger partial charge is 0.256 e. The van der Waals surface area contributed by atoms with E-state index in [0.29, 0.717) is 36.4 Å². The first-order valence-electron chi connectivity index (χ1n) is 9.00. The summed E-state index contributed by atoms with van der Waals surface area (Å²) in [6, 6.07) is 5.70. The minimum Gasteiger partial charge on any atom is -0.497 e. The van der Waals surface area contributed by atoms with Gasteiger partial charge in [-0.05, 0) is 31.0 Å². The van der Waals surface area contributed by atoms with Crippen LogP contribution in [0.2, 0.25) is 0 Å². The molecule has 1 fully saturated rings. The summed E-state index contributed by atoms with van der Waals surface area (Å²) in [5.41, 5.74) is -1.02. The molecule has 3 N–H and O–H groups in total. The summed E-state index contributed by atoms with van der Waals surface area (Å²) in [4.78, 5) is 32.0. The molecule has 3 rings (SSSR count). The molecule has 1 aliphatic rings. The van der Waals surface area contributed by atoms with Gasteiger partial charge in [-0.25, -0.2) is 9.37 Å². The zero-order chi connectivity index (χ0) is 20.1. The van der Waals surface area contributed by atoms with Gasteiger partial charge in [0.25, 0.3) is 11.5 Å². The van der Waals surface area contributed by atoms with E-state index < -0.39 is 17.3 Å². The number of aromatic nitrogens is 2. The molecular formula is C19H23FN4O4. The van der Waals surface area contributed by atoms with Crippen molar-refractivity contribution in [3.8, 4) is 5.75 Å². The number of ether oxygens (including phenoxy) is 1. The molecule has 8 nitrogen and oxygen atoms in total. The Labute approximate surface area is 161 Å². The predicted molar refractivity (Wildman–Crippen MR) is 99.1 cm³/mol. The molecule has 0 radical (unpaired) electrons. The number of rotatable bonds is 7. The van der Waals surface area contributed by atoms with Gasteiger partial charge in [-0.3, -0.25) is 9.59 Å². The number of piperidine rings is 1. The zero-order valence-electron chi connectivity index (χ0n) is 15.6. The van der Waals surface area contributed by atoms with Crippen molar-refractivity contribution >= 4 is 5.91 Å². The number of carbonyl (C=O) groups excluding carboxylic acids is 1. The summed E-state index contributed by atoms with van der Waals surface area (Å²) in [7, 11) is 1.49. The highest BCUT2D eigenvalue weighted by molar-refractivity contribution is 5.86. The van der Waals surface area contributed by atoms with Gasteiger partial charge in [0.15, 0.2) is 5.60 Å². The fourth-order valence-electron chi connectivity index (χ4n) is 3.29. The van der Waals surface area contributed by atoms with Crippen LogP contribution in [0.5, 0.6) is 5.75 Å². The number of halogens is 1. The topological polar surface area (TPSA) is 108 Å². The summed E-state index contributed by atoms with van der Waals surface area (Å²) < 4.78 is 19.2. The fraction of sp³-hybridized carbons (Fsp3) is 0.421. The molecule has 0 spiro atoms. The molecule has 2 heterocycles. The van der Waals surface area contributed by atoms with E-state index in [1.165, 1.54) is 36.5 Å². The third-order valence-electron chi connectivity index (χ3n) is 4.78. The number of benzene rings is 1. The molecular weight excluding hydrogens is 367 g/mol. The van der Waals surface area contributed by atoms with Crippen LogP contribution in [0.15, 0.2) is 35.4 Å². The van der Waals surface area contributed by atoms with E-state index in [2.05, 4.69) is 15.3 Å². The molecule has 2 aromatic rings. The predicted octanol–water partition coefficient (Wildman–Crippen LogP) is 0.561. The fourth-order valence-corrected chi connectivity index (χ4v) is 3.29. The van der Waals surface area contributed by atoms with Crippen LogP contribution in [0.3, 0.4) is 0 Å². The Morgan fingerprint density at radius 2 is 2.21 bits per heavy atom. The van der Waals surface area contributed by atoms with Crippen LogP contribution in [0.25, 0.3) is 0 Å². The standard InChI is InChI=1S/C19H23FN4O4/c1-28-15-3-4-16(20)13(7-15)10-24-6-2-5-19(27,18(24)26)11-21-9-14-8-17(25)23-12-22-14/h3-4,7-8,12,21,27H,2,5-6,9-11H2,1H3,(H,22,23,25)/t19-/m0/s1. The molecule has 1 amide bonds. The lowest BCUT2D eigenvalue weighted by molar-refractivity contribution is -0.157. The highest BCUT2D eigenvalue weighted by Gasteiger charge is 2.41. The van der Waals surface area contributed by atoms with Crippen molar-refractivity contribution in [2.75, 3.05) is 20.2 Å². The van der Waals surface area contributed by atoms with Gasteiger partial charge in [0, 0.05) is 37.8 Å². The number of methoxy groups -OCH3 is 1. The van der Waals surface area contributed by atoms with Crippen LogP contribution < -0.4 is 15.6 Å². The number of hydrogen-bond donors (Lipinski definition) is 3. The lowest BCUT2D eigenvalue weighted by Crippen LogP contribution is -2.57. The van der Waals surface area contributed by atoms with E-state index in [1.807, 2.05) is 0 Å². The minimum atomic E-state index is -1.59. The maximum atomic E-state index is 14.1. The van der Waals surface area contributed by atoms with Crippen LogP contribution in [0.1, 0.15) is 24.1 Å². The highest BCUT2D eigenvalue weighted by atomic mass is 19.1. The van der Waals surface area contributed by atoms with Gasteiger partial charge in [-0.1, -0.05) is 0 Å². The molecule has 1 atom stereocenters. The first-order chi connectivity index (χ1) is 13.4. The first-order valence-corrected chi connectivity index (χ1v) is 9.00. The third-order valence-corrected chi connectivity index (χ3v) is 4.78. The second kappa shape index (κ2) is 8.49. The largest absolute Gasteiger partial charge is 0.497 e. The van der Waals surface area contributed by atoms with E-state index >= 15 is 0 Å². The summed E-state index contributed by atoms with van der Waals surface area (Å²) in [5.74, 6) is -0.378. The van der Waals surface area contributed by atoms with Crippen molar-refractivity contribution < 1.29 is 19.0 Å². The SMILES string of the molecule is COc1ccc(F)c(CN2CCC[C@](O)(CNCc3cc(=O)[nH]cn3)C2=O)c1. The number of likely N-dealkylation sites (tertiary alicyclic amines) is 1. The molecule has 0 bridgehead atoms. The van der Waals surface area contributed by atoms with E-state index in [1.54, 1.807) is 6.07 Å². The van der Waals surface area contributed by atoms with E-state index in [9.17, 15) is 19.1 Å².